The number of nitrogens with zero attached hydrogens (tertiary/aromatic N) is 3. The maximum Gasteiger partial charge on any atom is 0.253 e. The molecule has 5 heteroatoms. The van der Waals surface area contributed by atoms with E-state index in [1.165, 1.54) is 17.3 Å². The first-order chi connectivity index (χ1) is 10.8. The molecule has 1 unspecified atom stereocenters. The molecule has 1 aliphatic rings. The van der Waals surface area contributed by atoms with Crippen molar-refractivity contribution in [1.82, 2.24) is 13.6 Å². The smallest absolute Gasteiger partial charge is 0.253 e. The molecule has 2 aromatic carbocycles. The molecule has 110 valence electrons. The van der Waals surface area contributed by atoms with Gasteiger partial charge in [-0.15, -0.1) is 0 Å². The van der Waals surface area contributed by atoms with E-state index in [2.05, 4.69) is 33.0 Å². The molecule has 1 amide bonds. The third-order valence-electron chi connectivity index (χ3n) is 4.25. The lowest BCUT2D eigenvalue weighted by molar-refractivity contribution is 0.0791. The van der Waals surface area contributed by atoms with Gasteiger partial charge in [0.25, 0.3) is 5.91 Å². The van der Waals surface area contributed by atoms with E-state index in [0.717, 1.165) is 30.5 Å². The quantitative estimate of drug-likeness (QED) is 0.729. The van der Waals surface area contributed by atoms with Crippen LogP contribution in [0, 0.1) is 0 Å². The van der Waals surface area contributed by atoms with Crippen molar-refractivity contribution in [2.45, 2.75) is 12.3 Å². The predicted molar refractivity (Wildman–Crippen MR) is 87.1 cm³/mol. The summed E-state index contributed by atoms with van der Waals surface area (Å²) in [5, 5.41) is 0. The summed E-state index contributed by atoms with van der Waals surface area (Å²) < 4.78 is 8.38. The normalized spacial score (nSPS) is 18.0. The van der Waals surface area contributed by atoms with Crippen LogP contribution in [-0.2, 0) is 0 Å². The topological polar surface area (TPSA) is 46.1 Å². The number of benzene rings is 2. The lowest BCUT2D eigenvalue weighted by Crippen LogP contribution is -2.28. The molecule has 4 nitrogen and oxygen atoms in total. The van der Waals surface area contributed by atoms with E-state index < -0.39 is 0 Å². The van der Waals surface area contributed by atoms with Crippen LogP contribution in [0.1, 0.15) is 28.3 Å². The Bertz CT molecular complexity index is 815. The number of hydrogen-bond acceptors (Lipinski definition) is 4. The van der Waals surface area contributed by atoms with E-state index >= 15 is 0 Å². The van der Waals surface area contributed by atoms with Crippen molar-refractivity contribution in [2.24, 2.45) is 0 Å². The van der Waals surface area contributed by atoms with Gasteiger partial charge in [-0.1, -0.05) is 30.3 Å². The lowest BCUT2D eigenvalue weighted by Gasteiger charge is -2.16. The molecule has 0 aliphatic carbocycles. The zero-order valence-electron chi connectivity index (χ0n) is 12.0. The van der Waals surface area contributed by atoms with Gasteiger partial charge < -0.3 is 4.90 Å². The average molecular weight is 309 g/mol. The summed E-state index contributed by atoms with van der Waals surface area (Å²) in [6.45, 7) is 1.60. The molecule has 1 saturated heterocycles. The molecule has 0 saturated carbocycles. The van der Waals surface area contributed by atoms with Gasteiger partial charge in [0.05, 0.1) is 11.7 Å². The second kappa shape index (κ2) is 5.50. The van der Waals surface area contributed by atoms with Crippen molar-refractivity contribution >= 4 is 28.7 Å². The van der Waals surface area contributed by atoms with Crippen molar-refractivity contribution in [3.63, 3.8) is 0 Å². The van der Waals surface area contributed by atoms with E-state index in [-0.39, 0.29) is 5.91 Å². The predicted octanol–water partition coefficient (Wildman–Crippen LogP) is 3.32. The molecule has 1 aliphatic heterocycles. The number of carbonyl (C=O) groups excluding carboxylic acids is 1. The fourth-order valence-corrected chi connectivity index (χ4v) is 3.56. The molecule has 3 aromatic rings. The van der Waals surface area contributed by atoms with Crippen LogP contribution in [0.4, 0.5) is 0 Å². The Balaban J connectivity index is 1.54. The molecule has 0 N–H and O–H groups in total. The Hall–Kier alpha value is -2.27. The Labute approximate surface area is 132 Å². The molecule has 1 fully saturated rings. The van der Waals surface area contributed by atoms with Crippen molar-refractivity contribution in [2.75, 3.05) is 13.1 Å². The van der Waals surface area contributed by atoms with Crippen LogP contribution in [0.15, 0.2) is 48.5 Å². The summed E-state index contributed by atoms with van der Waals surface area (Å²) in [5.74, 6) is 0.531. The second-order valence-electron chi connectivity index (χ2n) is 5.62. The highest BCUT2D eigenvalue weighted by molar-refractivity contribution is 7.00. The number of amides is 1. The molecular weight excluding hydrogens is 294 g/mol. The molecule has 2 heterocycles. The van der Waals surface area contributed by atoms with E-state index in [4.69, 9.17) is 0 Å². The molecule has 1 atom stereocenters. The lowest BCUT2D eigenvalue weighted by atomic mass is 9.99. The van der Waals surface area contributed by atoms with E-state index in [0.29, 0.717) is 11.5 Å². The second-order valence-corrected chi connectivity index (χ2v) is 6.14. The standard InChI is InChI=1S/C17H15N3OS/c21-17(13-6-7-15-16(10-13)19-22-18-15)20-9-8-14(11-20)12-4-2-1-3-5-12/h1-7,10,14H,8-9,11H2. The average Bonchev–Trinajstić information content (AvgIpc) is 3.23. The zero-order chi connectivity index (χ0) is 14.9. The first-order valence-corrected chi connectivity index (χ1v) is 8.11. The fraction of sp³-hybridized carbons (Fsp3) is 0.235. The van der Waals surface area contributed by atoms with Crippen molar-refractivity contribution in [1.29, 1.82) is 0 Å². The number of hydrogen-bond donors (Lipinski definition) is 0. The third-order valence-corrected chi connectivity index (χ3v) is 4.80. The van der Waals surface area contributed by atoms with Crippen molar-refractivity contribution in [3.8, 4) is 0 Å². The number of rotatable bonds is 2. The van der Waals surface area contributed by atoms with Crippen LogP contribution in [0.3, 0.4) is 0 Å². The van der Waals surface area contributed by atoms with Gasteiger partial charge >= 0.3 is 0 Å². The third kappa shape index (κ3) is 2.37. The Kier molecular flexibility index (Phi) is 3.35. The molecule has 4 rings (SSSR count). The maximum absolute atomic E-state index is 12.7. The molecular formula is C17H15N3OS. The number of fused-ring (bicyclic) bond motifs is 1. The summed E-state index contributed by atoms with van der Waals surface area (Å²) in [6, 6.07) is 16.0. The summed E-state index contributed by atoms with van der Waals surface area (Å²) in [4.78, 5) is 14.6. The highest BCUT2D eigenvalue weighted by Gasteiger charge is 2.28. The van der Waals surface area contributed by atoms with Crippen LogP contribution in [0.5, 0.6) is 0 Å². The Morgan fingerprint density at radius 3 is 2.77 bits per heavy atom. The molecule has 0 radical (unpaired) electrons. The van der Waals surface area contributed by atoms with Gasteiger partial charge in [0.2, 0.25) is 0 Å². The summed E-state index contributed by atoms with van der Waals surface area (Å²) in [7, 11) is 0. The molecule has 0 bridgehead atoms. The van der Waals surface area contributed by atoms with Gasteiger partial charge in [0.15, 0.2) is 0 Å². The first kappa shape index (κ1) is 13.4. The molecule has 1 aromatic heterocycles. The minimum atomic E-state index is 0.0910. The molecule has 0 spiro atoms. The van der Waals surface area contributed by atoms with Gasteiger partial charge in [0.1, 0.15) is 11.0 Å². The summed E-state index contributed by atoms with van der Waals surface area (Å²) in [5.41, 5.74) is 3.67. The van der Waals surface area contributed by atoms with Crippen LogP contribution >= 0.6 is 11.7 Å². The van der Waals surface area contributed by atoms with Gasteiger partial charge in [-0.05, 0) is 30.2 Å². The number of aromatic nitrogens is 2. The van der Waals surface area contributed by atoms with Gasteiger partial charge in [-0.25, -0.2) is 0 Å². The SMILES string of the molecule is O=C(c1ccc2nsnc2c1)N1CCC(c2ccccc2)C1. The van der Waals surface area contributed by atoms with Crippen LogP contribution in [0.2, 0.25) is 0 Å². The van der Waals surface area contributed by atoms with Crippen LogP contribution in [-0.4, -0.2) is 32.6 Å². The highest BCUT2D eigenvalue weighted by Crippen LogP contribution is 2.28. The summed E-state index contributed by atoms with van der Waals surface area (Å²) in [6.07, 6.45) is 1.02. The van der Waals surface area contributed by atoms with Gasteiger partial charge in [-0.2, -0.15) is 8.75 Å². The van der Waals surface area contributed by atoms with Crippen molar-refractivity contribution in [3.05, 3.63) is 59.7 Å². The van der Waals surface area contributed by atoms with E-state index in [9.17, 15) is 4.79 Å². The van der Waals surface area contributed by atoms with Gasteiger partial charge in [-0.3, -0.25) is 4.79 Å². The Morgan fingerprint density at radius 1 is 1.09 bits per heavy atom. The minimum absolute atomic E-state index is 0.0910. The fourth-order valence-electron chi connectivity index (χ4n) is 3.04. The number of likely N-dealkylation sites (tertiary alicyclic amines) is 1. The molecule has 22 heavy (non-hydrogen) atoms. The summed E-state index contributed by atoms with van der Waals surface area (Å²) >= 11 is 1.18. The van der Waals surface area contributed by atoms with Gasteiger partial charge in [0, 0.05) is 24.6 Å². The minimum Gasteiger partial charge on any atom is -0.338 e. The van der Waals surface area contributed by atoms with E-state index in [1.807, 2.05) is 29.2 Å². The monoisotopic (exact) mass is 309 g/mol. The van der Waals surface area contributed by atoms with Crippen molar-refractivity contribution < 1.29 is 4.79 Å². The van der Waals surface area contributed by atoms with E-state index in [1.54, 1.807) is 0 Å². The Morgan fingerprint density at radius 2 is 1.91 bits per heavy atom. The number of carbonyl (C=O) groups is 1. The van der Waals surface area contributed by atoms with Crippen LogP contribution < -0.4 is 0 Å². The van der Waals surface area contributed by atoms with Crippen LogP contribution in [0.25, 0.3) is 11.0 Å². The zero-order valence-corrected chi connectivity index (χ0v) is 12.8. The maximum atomic E-state index is 12.7. The first-order valence-electron chi connectivity index (χ1n) is 7.38. The largest absolute Gasteiger partial charge is 0.338 e. The highest BCUT2D eigenvalue weighted by atomic mass is 32.1.